The molecule has 19 heavy (non-hydrogen) atoms. The van der Waals surface area contributed by atoms with Crippen LogP contribution in [0.1, 0.15) is 56.6 Å². The van der Waals surface area contributed by atoms with E-state index in [0.717, 1.165) is 19.3 Å². The second-order valence-corrected chi connectivity index (χ2v) is 5.85. The monoisotopic (exact) mass is 265 g/mol. The van der Waals surface area contributed by atoms with Crippen molar-refractivity contribution in [3.63, 3.8) is 0 Å². The maximum atomic E-state index is 12.9. The van der Waals surface area contributed by atoms with Crippen molar-refractivity contribution in [2.75, 3.05) is 7.11 Å². The van der Waals surface area contributed by atoms with Crippen molar-refractivity contribution in [2.45, 2.75) is 52.1 Å². The number of aromatic nitrogens is 2. The lowest BCUT2D eigenvalue weighted by molar-refractivity contribution is 0.0785. The lowest BCUT2D eigenvalue weighted by atomic mass is 9.79. The minimum Gasteiger partial charge on any atom is -0.493 e. The van der Waals surface area contributed by atoms with Gasteiger partial charge >= 0.3 is 0 Å². The van der Waals surface area contributed by atoms with Crippen LogP contribution in [0.4, 0.5) is 0 Å². The number of Topliss-reactive ketones (excluding diaryl/α,β-unsaturated/α-hetero) is 1. The molecule has 106 valence electrons. The van der Waals surface area contributed by atoms with E-state index in [1.165, 1.54) is 0 Å². The van der Waals surface area contributed by atoms with Crippen LogP contribution in [0.25, 0.3) is 0 Å². The van der Waals surface area contributed by atoms with Crippen LogP contribution in [-0.4, -0.2) is 28.7 Å². The number of ether oxygens (including phenoxy) is 1. The number of carbonyl (C=O) groups is 1. The van der Waals surface area contributed by atoms with Crippen LogP contribution < -0.4 is 10.5 Å². The van der Waals surface area contributed by atoms with E-state index in [1.807, 2.05) is 20.8 Å². The third kappa shape index (κ3) is 2.16. The van der Waals surface area contributed by atoms with E-state index in [2.05, 4.69) is 5.10 Å². The highest BCUT2D eigenvalue weighted by atomic mass is 16.5. The Hall–Kier alpha value is -1.36. The van der Waals surface area contributed by atoms with Gasteiger partial charge in [-0.15, -0.1) is 0 Å². The van der Waals surface area contributed by atoms with Crippen LogP contribution >= 0.6 is 0 Å². The molecule has 1 aliphatic rings. The molecule has 1 aromatic heterocycles. The summed E-state index contributed by atoms with van der Waals surface area (Å²) >= 11 is 0. The van der Waals surface area contributed by atoms with Crippen LogP contribution in [0.15, 0.2) is 6.20 Å². The van der Waals surface area contributed by atoms with Crippen LogP contribution in [0.2, 0.25) is 0 Å². The fourth-order valence-electron chi connectivity index (χ4n) is 2.85. The first-order valence-electron chi connectivity index (χ1n) is 6.83. The van der Waals surface area contributed by atoms with Gasteiger partial charge in [0.2, 0.25) is 0 Å². The normalized spacial score (nSPS) is 26.9. The lowest BCUT2D eigenvalue weighted by Crippen LogP contribution is -2.42. The summed E-state index contributed by atoms with van der Waals surface area (Å²) < 4.78 is 7.03. The highest BCUT2D eigenvalue weighted by Gasteiger charge is 2.45. The van der Waals surface area contributed by atoms with Gasteiger partial charge in [-0.3, -0.25) is 9.48 Å². The van der Waals surface area contributed by atoms with E-state index in [-0.39, 0.29) is 17.9 Å². The summed E-state index contributed by atoms with van der Waals surface area (Å²) in [6.45, 7) is 5.96. The van der Waals surface area contributed by atoms with E-state index in [9.17, 15) is 4.79 Å². The van der Waals surface area contributed by atoms with Crippen LogP contribution in [0.3, 0.4) is 0 Å². The van der Waals surface area contributed by atoms with Crippen molar-refractivity contribution in [1.29, 1.82) is 0 Å². The van der Waals surface area contributed by atoms with Crippen LogP contribution in [0.5, 0.6) is 5.75 Å². The van der Waals surface area contributed by atoms with E-state index in [4.69, 9.17) is 10.5 Å². The molecule has 2 rings (SSSR count). The summed E-state index contributed by atoms with van der Waals surface area (Å²) in [5.74, 6) is 0.597. The Morgan fingerprint density at radius 3 is 2.79 bits per heavy atom. The van der Waals surface area contributed by atoms with Gasteiger partial charge in [-0.2, -0.15) is 5.10 Å². The lowest BCUT2D eigenvalue weighted by Gasteiger charge is -2.28. The zero-order valence-corrected chi connectivity index (χ0v) is 12.1. The maximum Gasteiger partial charge on any atom is 0.192 e. The van der Waals surface area contributed by atoms with E-state index in [0.29, 0.717) is 11.4 Å². The predicted molar refractivity (Wildman–Crippen MR) is 73.4 cm³/mol. The van der Waals surface area contributed by atoms with Gasteiger partial charge in [0.15, 0.2) is 11.5 Å². The topological polar surface area (TPSA) is 70.1 Å². The molecule has 5 heteroatoms. The fourth-order valence-corrected chi connectivity index (χ4v) is 2.85. The molecule has 1 heterocycles. The minimum atomic E-state index is -0.500. The average Bonchev–Trinajstić information content (AvgIpc) is 2.93. The summed E-state index contributed by atoms with van der Waals surface area (Å²) in [6.07, 6.45) is 4.35. The maximum absolute atomic E-state index is 12.9. The zero-order valence-electron chi connectivity index (χ0n) is 12.1. The molecule has 0 aromatic carbocycles. The van der Waals surface area contributed by atoms with Gasteiger partial charge in [0.25, 0.3) is 0 Å². The number of hydrogen-bond acceptors (Lipinski definition) is 4. The Bertz CT molecular complexity index is 481. The average molecular weight is 265 g/mol. The van der Waals surface area contributed by atoms with E-state index in [1.54, 1.807) is 18.0 Å². The molecule has 0 spiro atoms. The van der Waals surface area contributed by atoms with Gasteiger partial charge in [0.05, 0.1) is 13.3 Å². The zero-order chi connectivity index (χ0) is 14.2. The molecule has 1 aliphatic carbocycles. The van der Waals surface area contributed by atoms with Gasteiger partial charge in [0, 0.05) is 17.5 Å². The summed E-state index contributed by atoms with van der Waals surface area (Å²) in [5, 5.41) is 4.27. The Kier molecular flexibility index (Phi) is 3.67. The van der Waals surface area contributed by atoms with Crippen molar-refractivity contribution in [3.05, 3.63) is 11.9 Å². The standard InChI is InChI=1S/C14H23N3O2/c1-9(2)17-12(10(19-4)8-16-17)13(18)14(3)7-5-6-11(14)15/h8-9,11H,5-7,15H2,1-4H3. The summed E-state index contributed by atoms with van der Waals surface area (Å²) in [6, 6.07) is 0.0318. The molecule has 0 aliphatic heterocycles. The van der Waals surface area contributed by atoms with Crippen molar-refractivity contribution < 1.29 is 9.53 Å². The smallest absolute Gasteiger partial charge is 0.192 e. The number of methoxy groups -OCH3 is 1. The Morgan fingerprint density at radius 1 is 1.63 bits per heavy atom. The fraction of sp³-hybridized carbons (Fsp3) is 0.714. The van der Waals surface area contributed by atoms with E-state index < -0.39 is 5.41 Å². The van der Waals surface area contributed by atoms with Crippen molar-refractivity contribution in [2.24, 2.45) is 11.1 Å². The van der Waals surface area contributed by atoms with Gasteiger partial charge in [-0.05, 0) is 26.7 Å². The Labute approximate surface area is 114 Å². The molecule has 1 saturated carbocycles. The van der Waals surface area contributed by atoms with Gasteiger partial charge in [0.1, 0.15) is 5.69 Å². The van der Waals surface area contributed by atoms with Crippen LogP contribution in [0, 0.1) is 5.41 Å². The van der Waals surface area contributed by atoms with Crippen molar-refractivity contribution >= 4 is 5.78 Å². The SMILES string of the molecule is COc1cnn(C(C)C)c1C(=O)C1(C)CCCC1N. The summed E-state index contributed by atoms with van der Waals surface area (Å²) in [4.78, 5) is 12.9. The number of rotatable bonds is 4. The van der Waals surface area contributed by atoms with Crippen LogP contribution in [-0.2, 0) is 0 Å². The molecule has 1 aromatic rings. The molecule has 1 fully saturated rings. The van der Waals surface area contributed by atoms with Gasteiger partial charge < -0.3 is 10.5 Å². The second kappa shape index (κ2) is 4.96. The molecule has 0 radical (unpaired) electrons. The molecule has 0 bridgehead atoms. The highest BCUT2D eigenvalue weighted by Crippen LogP contribution is 2.41. The molecular formula is C14H23N3O2. The third-order valence-electron chi connectivity index (χ3n) is 4.23. The molecule has 2 atom stereocenters. The number of nitrogens with zero attached hydrogens (tertiary/aromatic N) is 2. The highest BCUT2D eigenvalue weighted by molar-refractivity contribution is 6.01. The number of nitrogens with two attached hydrogens (primary N) is 1. The Morgan fingerprint density at radius 2 is 2.32 bits per heavy atom. The first kappa shape index (κ1) is 14.1. The van der Waals surface area contributed by atoms with E-state index >= 15 is 0 Å². The van der Waals surface area contributed by atoms with Gasteiger partial charge in [-0.25, -0.2) is 0 Å². The second-order valence-electron chi connectivity index (χ2n) is 5.85. The molecule has 0 amide bonds. The number of carbonyl (C=O) groups excluding carboxylic acids is 1. The first-order valence-corrected chi connectivity index (χ1v) is 6.83. The molecule has 2 N–H and O–H groups in total. The minimum absolute atomic E-state index is 0.0561. The predicted octanol–water partition coefficient (Wildman–Crippen LogP) is 2.17. The van der Waals surface area contributed by atoms with Crippen molar-refractivity contribution in [1.82, 2.24) is 9.78 Å². The third-order valence-corrected chi connectivity index (χ3v) is 4.23. The van der Waals surface area contributed by atoms with Crippen molar-refractivity contribution in [3.8, 4) is 5.75 Å². The molecular weight excluding hydrogens is 242 g/mol. The quantitative estimate of drug-likeness (QED) is 0.847. The molecule has 5 nitrogen and oxygen atoms in total. The molecule has 0 saturated heterocycles. The van der Waals surface area contributed by atoms with Gasteiger partial charge in [-0.1, -0.05) is 13.3 Å². The largest absolute Gasteiger partial charge is 0.493 e. The summed E-state index contributed by atoms with van der Waals surface area (Å²) in [5.41, 5.74) is 6.20. The number of hydrogen-bond donors (Lipinski definition) is 1. The first-order chi connectivity index (χ1) is 8.91. The number of ketones is 1. The summed E-state index contributed by atoms with van der Waals surface area (Å²) in [7, 11) is 1.56. The molecule has 2 unspecified atom stereocenters. The Balaban J connectivity index is 2.46.